The maximum atomic E-state index is 11.0. The fourth-order valence-electron chi connectivity index (χ4n) is 0.712. The molecule has 0 amide bonds. The summed E-state index contributed by atoms with van der Waals surface area (Å²) < 4.78 is 0.658. The van der Waals surface area contributed by atoms with Gasteiger partial charge >= 0.3 is 5.69 Å². The maximum Gasteiger partial charge on any atom is 0.328 e. The van der Waals surface area contributed by atoms with E-state index in [9.17, 15) is 19.5 Å². The zero-order valence-corrected chi connectivity index (χ0v) is 6.16. The molecule has 6 nitrogen and oxygen atoms in total. The number of nitrogens with zero attached hydrogens (tertiary/aromatic N) is 1. The number of carbonyl (C=O) groups is 1. The molecule has 12 heavy (non-hydrogen) atoms. The van der Waals surface area contributed by atoms with Crippen LogP contribution in [0.4, 0.5) is 0 Å². The van der Waals surface area contributed by atoms with E-state index >= 15 is 0 Å². The van der Waals surface area contributed by atoms with E-state index in [-0.39, 0.29) is 0 Å². The number of carbonyl (C=O) groups excluding carboxylic acids is 1. The summed E-state index contributed by atoms with van der Waals surface area (Å²) in [4.78, 5) is 34.0. The van der Waals surface area contributed by atoms with Crippen molar-refractivity contribution in [1.29, 1.82) is 0 Å². The van der Waals surface area contributed by atoms with E-state index in [2.05, 4.69) is 4.98 Å². The van der Waals surface area contributed by atoms with Gasteiger partial charge in [-0.3, -0.25) is 9.36 Å². The highest BCUT2D eigenvalue weighted by Gasteiger charge is 2.03. The Morgan fingerprint density at radius 1 is 1.58 bits per heavy atom. The molecule has 1 N–H and O–H groups in total. The van der Waals surface area contributed by atoms with E-state index < -0.39 is 22.8 Å². The lowest BCUT2D eigenvalue weighted by Crippen LogP contribution is -2.39. The van der Waals surface area contributed by atoms with Crippen molar-refractivity contribution in [1.82, 2.24) is 9.55 Å². The third-order valence-electron chi connectivity index (χ3n) is 1.40. The number of hydrogen-bond acceptors (Lipinski definition) is 4. The van der Waals surface area contributed by atoms with Gasteiger partial charge in [-0.1, -0.05) is 0 Å². The molecule has 0 fully saturated rings. The number of H-pyrrole nitrogens is 1. The van der Waals surface area contributed by atoms with Crippen LogP contribution in [0.2, 0.25) is 0 Å². The first-order chi connectivity index (χ1) is 5.54. The van der Waals surface area contributed by atoms with Gasteiger partial charge in [0.25, 0.3) is 5.56 Å². The Balaban J connectivity index is 3.58. The molecular formula is C6H5N2O4-. The van der Waals surface area contributed by atoms with E-state index in [1.165, 1.54) is 7.05 Å². The number of rotatable bonds is 1. The van der Waals surface area contributed by atoms with Gasteiger partial charge in [-0.25, -0.2) is 4.79 Å². The average molecular weight is 169 g/mol. The largest absolute Gasteiger partial charge is 0.545 e. The lowest BCUT2D eigenvalue weighted by atomic mass is 10.3. The predicted molar refractivity (Wildman–Crippen MR) is 36.6 cm³/mol. The fraction of sp³-hybridized carbons (Fsp3) is 0.167. The average Bonchev–Trinajstić information content (AvgIpc) is 2.00. The standard InChI is InChI=1S/C6H6N2O4/c1-8-4(9)3(5(10)11)2-7-6(8)12/h2H,1H3,(H,7,12)(H,10,11)/p-1. The van der Waals surface area contributed by atoms with Gasteiger partial charge in [0.2, 0.25) is 0 Å². The van der Waals surface area contributed by atoms with Crippen molar-refractivity contribution in [3.63, 3.8) is 0 Å². The Labute approximate surface area is 66.1 Å². The molecule has 64 valence electrons. The van der Waals surface area contributed by atoms with Crippen LogP contribution in [-0.4, -0.2) is 15.5 Å². The molecule has 1 heterocycles. The highest BCUT2D eigenvalue weighted by Crippen LogP contribution is 1.80. The summed E-state index contributed by atoms with van der Waals surface area (Å²) in [6.07, 6.45) is 0.819. The first-order valence-electron chi connectivity index (χ1n) is 3.04. The Bertz CT molecular complexity index is 428. The molecular weight excluding hydrogens is 164 g/mol. The molecule has 0 atom stereocenters. The predicted octanol–water partition coefficient (Wildman–Crippen LogP) is -2.56. The first kappa shape index (κ1) is 8.25. The van der Waals surface area contributed by atoms with Crippen LogP contribution in [0.25, 0.3) is 0 Å². The van der Waals surface area contributed by atoms with Gasteiger partial charge < -0.3 is 14.9 Å². The number of carboxylic acids is 1. The van der Waals surface area contributed by atoms with Crippen LogP contribution < -0.4 is 16.4 Å². The summed E-state index contributed by atoms with van der Waals surface area (Å²) in [5.41, 5.74) is -2.10. The van der Waals surface area contributed by atoms with Crippen molar-refractivity contribution in [2.45, 2.75) is 0 Å². The van der Waals surface area contributed by atoms with Gasteiger partial charge in [-0.2, -0.15) is 0 Å². The smallest absolute Gasteiger partial charge is 0.328 e. The second-order valence-corrected chi connectivity index (χ2v) is 2.16. The minimum atomic E-state index is -1.60. The topological polar surface area (TPSA) is 95.0 Å². The van der Waals surface area contributed by atoms with Crippen molar-refractivity contribution in [3.8, 4) is 0 Å². The van der Waals surface area contributed by atoms with Gasteiger partial charge in [-0.15, -0.1) is 0 Å². The number of aromatic nitrogens is 2. The molecule has 0 bridgehead atoms. The summed E-state index contributed by atoms with van der Waals surface area (Å²) in [7, 11) is 1.17. The number of hydrogen-bond donors (Lipinski definition) is 1. The fourth-order valence-corrected chi connectivity index (χ4v) is 0.712. The highest BCUT2D eigenvalue weighted by atomic mass is 16.4. The van der Waals surface area contributed by atoms with Crippen LogP contribution in [-0.2, 0) is 7.05 Å². The van der Waals surface area contributed by atoms with Gasteiger partial charge in [-0.05, 0) is 0 Å². The summed E-state index contributed by atoms with van der Waals surface area (Å²) in [5, 5.41) is 10.2. The van der Waals surface area contributed by atoms with Crippen LogP contribution in [0.3, 0.4) is 0 Å². The van der Waals surface area contributed by atoms with Gasteiger partial charge in [0.1, 0.15) is 0 Å². The third kappa shape index (κ3) is 1.14. The van der Waals surface area contributed by atoms with Crippen LogP contribution in [0.1, 0.15) is 10.4 Å². The molecule has 0 radical (unpaired) electrons. The zero-order valence-electron chi connectivity index (χ0n) is 6.16. The highest BCUT2D eigenvalue weighted by molar-refractivity contribution is 5.84. The van der Waals surface area contributed by atoms with Crippen molar-refractivity contribution >= 4 is 5.97 Å². The summed E-state index contributed by atoms with van der Waals surface area (Å²) in [6.45, 7) is 0. The van der Waals surface area contributed by atoms with Gasteiger partial charge in [0.15, 0.2) is 0 Å². The summed E-state index contributed by atoms with van der Waals surface area (Å²) >= 11 is 0. The normalized spacial score (nSPS) is 9.75. The zero-order chi connectivity index (χ0) is 9.30. The van der Waals surface area contributed by atoms with Gasteiger partial charge in [0, 0.05) is 13.2 Å². The monoisotopic (exact) mass is 169 g/mol. The molecule has 1 rings (SSSR count). The number of aromatic amines is 1. The second-order valence-electron chi connectivity index (χ2n) is 2.16. The molecule has 0 aliphatic carbocycles. The molecule has 1 aromatic heterocycles. The molecule has 0 saturated heterocycles. The summed E-state index contributed by atoms with van der Waals surface area (Å²) in [5.74, 6) is -1.60. The van der Waals surface area contributed by atoms with Crippen molar-refractivity contribution in [3.05, 3.63) is 32.6 Å². The third-order valence-corrected chi connectivity index (χ3v) is 1.40. The Morgan fingerprint density at radius 3 is 2.67 bits per heavy atom. The maximum absolute atomic E-state index is 11.0. The summed E-state index contributed by atoms with van der Waals surface area (Å²) in [6, 6.07) is 0. The first-order valence-corrected chi connectivity index (χ1v) is 3.04. The van der Waals surface area contributed by atoms with Gasteiger partial charge in [0.05, 0.1) is 11.5 Å². The van der Waals surface area contributed by atoms with Crippen LogP contribution in [0, 0.1) is 0 Å². The second kappa shape index (κ2) is 2.65. The molecule has 1 aromatic rings. The lowest BCUT2D eigenvalue weighted by molar-refractivity contribution is -0.255. The van der Waals surface area contributed by atoms with Crippen LogP contribution in [0.5, 0.6) is 0 Å². The molecule has 0 saturated carbocycles. The Hall–Kier alpha value is -1.85. The SMILES string of the molecule is Cn1c(=O)[nH]cc(C(=O)[O-])c1=O. The minimum Gasteiger partial charge on any atom is -0.545 e. The van der Waals surface area contributed by atoms with Crippen molar-refractivity contribution in [2.75, 3.05) is 0 Å². The van der Waals surface area contributed by atoms with E-state index in [1.54, 1.807) is 0 Å². The van der Waals surface area contributed by atoms with Crippen molar-refractivity contribution < 1.29 is 9.90 Å². The number of nitrogens with one attached hydrogen (secondary N) is 1. The molecule has 0 unspecified atom stereocenters. The van der Waals surface area contributed by atoms with Crippen molar-refractivity contribution in [2.24, 2.45) is 7.05 Å². The number of aromatic carboxylic acids is 1. The van der Waals surface area contributed by atoms with E-state index in [0.717, 1.165) is 6.20 Å². The molecule has 0 aromatic carbocycles. The van der Waals surface area contributed by atoms with E-state index in [0.29, 0.717) is 4.57 Å². The minimum absolute atomic E-state index is 0.558. The van der Waals surface area contributed by atoms with Crippen LogP contribution in [0.15, 0.2) is 15.8 Å². The quantitative estimate of drug-likeness (QED) is 0.500. The molecule has 0 aliphatic heterocycles. The molecule has 6 heteroatoms. The van der Waals surface area contributed by atoms with E-state index in [4.69, 9.17) is 0 Å². The molecule has 0 aliphatic rings. The Kier molecular flexibility index (Phi) is 1.82. The van der Waals surface area contributed by atoms with Crippen LogP contribution >= 0.6 is 0 Å². The molecule has 0 spiro atoms. The lowest BCUT2D eigenvalue weighted by Gasteiger charge is -2.01. The number of carboxylic acid groups (broad SMARTS) is 1. The van der Waals surface area contributed by atoms with E-state index in [1.807, 2.05) is 0 Å². The Morgan fingerprint density at radius 2 is 2.17 bits per heavy atom.